The number of aliphatic hydroxyl groups excluding tert-OH is 7. The van der Waals surface area contributed by atoms with Crippen molar-refractivity contribution in [2.75, 3.05) is 6.61 Å². The average Bonchev–Trinajstić information content (AvgIpc) is 2.23. The highest BCUT2D eigenvalue weighted by molar-refractivity contribution is 4.86. The molecular formula is C8H18O7. The molecule has 0 rings (SSSR count). The van der Waals surface area contributed by atoms with Crippen molar-refractivity contribution in [1.82, 2.24) is 0 Å². The van der Waals surface area contributed by atoms with E-state index in [-0.39, 0.29) is 0 Å². The van der Waals surface area contributed by atoms with Crippen molar-refractivity contribution in [1.29, 1.82) is 0 Å². The third kappa shape index (κ3) is 3.99. The van der Waals surface area contributed by atoms with E-state index in [9.17, 15) is 15.3 Å². The van der Waals surface area contributed by atoms with E-state index in [1.165, 1.54) is 6.92 Å². The van der Waals surface area contributed by atoms with Gasteiger partial charge in [-0.1, -0.05) is 0 Å². The summed E-state index contributed by atoms with van der Waals surface area (Å²) in [5, 5.41) is 63.2. The van der Waals surface area contributed by atoms with Crippen LogP contribution in [0.3, 0.4) is 0 Å². The Morgan fingerprint density at radius 2 is 1.13 bits per heavy atom. The molecule has 0 aromatic rings. The van der Waals surface area contributed by atoms with Crippen molar-refractivity contribution in [3.63, 3.8) is 0 Å². The Morgan fingerprint density at radius 1 is 0.733 bits per heavy atom. The minimum absolute atomic E-state index is 0.796. The summed E-state index contributed by atoms with van der Waals surface area (Å²) >= 11 is 0. The average molecular weight is 226 g/mol. The largest absolute Gasteiger partial charge is 0.394 e. The van der Waals surface area contributed by atoms with Gasteiger partial charge in [-0.05, 0) is 6.92 Å². The van der Waals surface area contributed by atoms with Crippen LogP contribution in [0.2, 0.25) is 0 Å². The van der Waals surface area contributed by atoms with Crippen LogP contribution in [0.15, 0.2) is 0 Å². The zero-order valence-electron chi connectivity index (χ0n) is 8.30. The van der Waals surface area contributed by atoms with Gasteiger partial charge in [0.1, 0.15) is 30.5 Å². The normalized spacial score (nSPS) is 24.0. The van der Waals surface area contributed by atoms with Crippen LogP contribution in [0.5, 0.6) is 0 Å². The fourth-order valence-corrected chi connectivity index (χ4v) is 1.03. The highest BCUT2D eigenvalue weighted by Crippen LogP contribution is 2.10. The molecule has 15 heavy (non-hydrogen) atoms. The van der Waals surface area contributed by atoms with E-state index in [2.05, 4.69) is 0 Å². The Labute approximate surface area is 86.9 Å². The van der Waals surface area contributed by atoms with Gasteiger partial charge in [0.25, 0.3) is 0 Å². The lowest BCUT2D eigenvalue weighted by atomic mass is 9.97. The standard InChI is InChI=1S/C8H18O7/c1-3(10)5(12)7(14)8(15)6(13)4(11)2-9/h3-15H,2H2,1H3/t3-,4?,5?,6?,7?,8?/m0/s1. The number of hydrogen-bond acceptors (Lipinski definition) is 7. The van der Waals surface area contributed by atoms with Crippen molar-refractivity contribution >= 4 is 0 Å². The van der Waals surface area contributed by atoms with Crippen LogP contribution in [0.25, 0.3) is 0 Å². The van der Waals surface area contributed by atoms with E-state index in [1.54, 1.807) is 0 Å². The molecule has 0 aliphatic carbocycles. The zero-order valence-corrected chi connectivity index (χ0v) is 8.30. The highest BCUT2D eigenvalue weighted by Gasteiger charge is 2.35. The van der Waals surface area contributed by atoms with E-state index in [0.717, 1.165) is 0 Å². The van der Waals surface area contributed by atoms with Crippen LogP contribution < -0.4 is 0 Å². The van der Waals surface area contributed by atoms with Crippen LogP contribution >= 0.6 is 0 Å². The van der Waals surface area contributed by atoms with Crippen molar-refractivity contribution < 1.29 is 35.7 Å². The molecule has 0 aromatic heterocycles. The third-order valence-electron chi connectivity index (χ3n) is 2.13. The third-order valence-corrected chi connectivity index (χ3v) is 2.13. The summed E-state index contributed by atoms with van der Waals surface area (Å²) in [5.74, 6) is 0. The Balaban J connectivity index is 4.36. The second kappa shape index (κ2) is 6.33. The van der Waals surface area contributed by atoms with E-state index < -0.39 is 43.2 Å². The second-order valence-electron chi connectivity index (χ2n) is 3.45. The Hall–Kier alpha value is -0.280. The molecule has 7 nitrogen and oxygen atoms in total. The van der Waals surface area contributed by atoms with Crippen LogP contribution in [0.1, 0.15) is 6.92 Å². The molecule has 7 N–H and O–H groups in total. The molecule has 0 aliphatic heterocycles. The molecular weight excluding hydrogens is 208 g/mol. The van der Waals surface area contributed by atoms with E-state index in [0.29, 0.717) is 0 Å². The molecule has 7 heteroatoms. The summed E-state index contributed by atoms with van der Waals surface area (Å²) < 4.78 is 0. The monoisotopic (exact) mass is 226 g/mol. The van der Waals surface area contributed by atoms with Gasteiger partial charge < -0.3 is 35.7 Å². The van der Waals surface area contributed by atoms with E-state index in [4.69, 9.17) is 20.4 Å². The minimum Gasteiger partial charge on any atom is -0.394 e. The minimum atomic E-state index is -1.86. The maximum absolute atomic E-state index is 9.26. The van der Waals surface area contributed by atoms with E-state index >= 15 is 0 Å². The lowest BCUT2D eigenvalue weighted by Crippen LogP contribution is -2.52. The summed E-state index contributed by atoms with van der Waals surface area (Å²) in [5.41, 5.74) is 0. The molecule has 92 valence electrons. The topological polar surface area (TPSA) is 142 Å². The summed E-state index contributed by atoms with van der Waals surface area (Å²) in [6.45, 7) is 0.394. The number of hydrogen-bond donors (Lipinski definition) is 7. The predicted molar refractivity (Wildman–Crippen MR) is 48.8 cm³/mol. The molecule has 0 spiro atoms. The second-order valence-corrected chi connectivity index (χ2v) is 3.45. The van der Waals surface area contributed by atoms with Crippen LogP contribution in [-0.4, -0.2) is 79.0 Å². The number of rotatable bonds is 6. The molecule has 0 saturated heterocycles. The van der Waals surface area contributed by atoms with Crippen LogP contribution in [0.4, 0.5) is 0 Å². The van der Waals surface area contributed by atoms with Gasteiger partial charge in [0.2, 0.25) is 0 Å². The van der Waals surface area contributed by atoms with Gasteiger partial charge in [0.05, 0.1) is 12.7 Å². The molecule has 0 heterocycles. The first-order chi connectivity index (χ1) is 6.82. The molecule has 5 unspecified atom stereocenters. The Morgan fingerprint density at radius 3 is 1.47 bits per heavy atom. The van der Waals surface area contributed by atoms with Crippen molar-refractivity contribution in [2.45, 2.75) is 43.5 Å². The fourth-order valence-electron chi connectivity index (χ4n) is 1.03. The quantitative estimate of drug-likeness (QED) is 0.246. The lowest BCUT2D eigenvalue weighted by molar-refractivity contribution is -0.155. The van der Waals surface area contributed by atoms with Gasteiger partial charge in [-0.15, -0.1) is 0 Å². The van der Waals surface area contributed by atoms with Gasteiger partial charge in [0.15, 0.2) is 0 Å². The Bertz CT molecular complexity index is 174. The molecule has 0 aromatic carbocycles. The van der Waals surface area contributed by atoms with Crippen molar-refractivity contribution in [3.05, 3.63) is 0 Å². The molecule has 0 saturated carbocycles. The molecule has 6 atom stereocenters. The summed E-state index contributed by atoms with van der Waals surface area (Å²) in [6, 6.07) is 0. The molecule has 0 bridgehead atoms. The maximum atomic E-state index is 9.26. The van der Waals surface area contributed by atoms with Gasteiger partial charge >= 0.3 is 0 Å². The fraction of sp³-hybridized carbons (Fsp3) is 1.00. The molecule has 0 aliphatic rings. The van der Waals surface area contributed by atoms with Crippen molar-refractivity contribution in [3.8, 4) is 0 Å². The van der Waals surface area contributed by atoms with Gasteiger partial charge in [-0.2, -0.15) is 0 Å². The van der Waals surface area contributed by atoms with Crippen molar-refractivity contribution in [2.24, 2.45) is 0 Å². The first-order valence-corrected chi connectivity index (χ1v) is 4.52. The SMILES string of the molecule is C[C@H](O)C(O)C(O)C(O)C(O)C(O)CO. The van der Waals surface area contributed by atoms with Gasteiger partial charge in [0, 0.05) is 0 Å². The molecule has 0 fully saturated rings. The first-order valence-electron chi connectivity index (χ1n) is 4.52. The Kier molecular flexibility index (Phi) is 6.22. The number of aliphatic hydroxyl groups is 7. The predicted octanol–water partition coefficient (Wildman–Crippen LogP) is -3.84. The van der Waals surface area contributed by atoms with Crippen LogP contribution in [0, 0.1) is 0 Å². The zero-order chi connectivity index (χ0) is 12.2. The highest BCUT2D eigenvalue weighted by atomic mass is 16.4. The molecule has 0 amide bonds. The smallest absolute Gasteiger partial charge is 0.111 e. The van der Waals surface area contributed by atoms with Gasteiger partial charge in [-0.25, -0.2) is 0 Å². The first kappa shape index (κ1) is 14.7. The van der Waals surface area contributed by atoms with Crippen LogP contribution in [-0.2, 0) is 0 Å². The van der Waals surface area contributed by atoms with Gasteiger partial charge in [-0.3, -0.25) is 0 Å². The van der Waals surface area contributed by atoms with E-state index in [1.807, 2.05) is 0 Å². The maximum Gasteiger partial charge on any atom is 0.111 e. The molecule has 0 radical (unpaired) electrons. The lowest BCUT2D eigenvalue weighted by Gasteiger charge is -2.29. The summed E-state index contributed by atoms with van der Waals surface area (Å²) in [4.78, 5) is 0. The summed E-state index contributed by atoms with van der Waals surface area (Å²) in [6.07, 6.45) is -10.1. The summed E-state index contributed by atoms with van der Waals surface area (Å²) in [7, 11) is 0.